The van der Waals surface area contributed by atoms with E-state index in [0.29, 0.717) is 18.7 Å². The molecule has 1 saturated heterocycles. The van der Waals surface area contributed by atoms with Crippen LogP contribution in [0.25, 0.3) is 0 Å². The summed E-state index contributed by atoms with van der Waals surface area (Å²) < 4.78 is 0. The number of hydrogen-bond acceptors (Lipinski definition) is 3. The summed E-state index contributed by atoms with van der Waals surface area (Å²) in [5, 5.41) is 0. The van der Waals surface area contributed by atoms with E-state index in [1.165, 1.54) is 0 Å². The summed E-state index contributed by atoms with van der Waals surface area (Å²) >= 11 is 0. The number of likely N-dealkylation sites (N-methyl/N-ethyl adjacent to an activating group) is 1. The van der Waals surface area contributed by atoms with Crippen LogP contribution in [0.3, 0.4) is 0 Å². The van der Waals surface area contributed by atoms with Crippen molar-refractivity contribution in [2.75, 3.05) is 39.8 Å². The minimum Gasteiger partial charge on any atom is -0.305 e. The number of nitrogens with zero attached hydrogens (tertiary/aromatic N) is 2. The largest absolute Gasteiger partial charge is 0.305 e. The maximum atomic E-state index is 12.0. The molecule has 0 N–H and O–H groups in total. The number of Topliss-reactive ketones (excluding diaryl/α,β-unsaturated/α-hetero) is 1. The Morgan fingerprint density at radius 3 is 2.67 bits per heavy atom. The molecule has 0 saturated carbocycles. The van der Waals surface area contributed by atoms with E-state index >= 15 is 0 Å². The van der Waals surface area contributed by atoms with Gasteiger partial charge in [0.05, 0.1) is 6.54 Å². The molecule has 1 aliphatic rings. The van der Waals surface area contributed by atoms with E-state index in [4.69, 9.17) is 0 Å². The molecule has 2 rings (SSSR count). The Balaban J connectivity index is 1.80. The average molecular weight is 246 g/mol. The van der Waals surface area contributed by atoms with E-state index in [0.717, 1.165) is 38.2 Å². The number of carbonyl (C=O) groups is 1. The quantitative estimate of drug-likeness (QED) is 0.803. The van der Waals surface area contributed by atoms with Crippen LogP contribution in [0.1, 0.15) is 12.0 Å². The van der Waals surface area contributed by atoms with Gasteiger partial charge in [-0.15, -0.1) is 0 Å². The van der Waals surface area contributed by atoms with E-state index < -0.39 is 0 Å². The lowest BCUT2D eigenvalue weighted by atomic mass is 10.1. The number of rotatable bonds is 4. The number of hydrogen-bond donors (Lipinski definition) is 0. The van der Waals surface area contributed by atoms with Gasteiger partial charge in [-0.25, -0.2) is 0 Å². The lowest BCUT2D eigenvalue weighted by molar-refractivity contribution is -0.119. The van der Waals surface area contributed by atoms with Gasteiger partial charge in [-0.05, 0) is 32.1 Å². The monoisotopic (exact) mass is 246 g/mol. The van der Waals surface area contributed by atoms with Gasteiger partial charge >= 0.3 is 0 Å². The molecule has 0 spiro atoms. The molecule has 1 aromatic carbocycles. The highest BCUT2D eigenvalue weighted by atomic mass is 16.1. The Bertz CT molecular complexity index is 377. The number of carbonyl (C=O) groups excluding carboxylic acids is 1. The zero-order valence-electron chi connectivity index (χ0n) is 11.1. The lowest BCUT2D eigenvalue weighted by Crippen LogP contribution is -2.34. The van der Waals surface area contributed by atoms with E-state index in [2.05, 4.69) is 16.8 Å². The molecule has 0 aliphatic carbocycles. The molecule has 3 heteroatoms. The molecule has 1 fully saturated rings. The van der Waals surface area contributed by atoms with Crippen LogP contribution in [0, 0.1) is 0 Å². The normalized spacial score (nSPS) is 18.5. The molecule has 3 nitrogen and oxygen atoms in total. The topological polar surface area (TPSA) is 23.6 Å². The summed E-state index contributed by atoms with van der Waals surface area (Å²) in [5.74, 6) is 0.325. The second-order valence-electron chi connectivity index (χ2n) is 5.13. The molecule has 0 atom stereocenters. The van der Waals surface area contributed by atoms with Crippen LogP contribution < -0.4 is 0 Å². The van der Waals surface area contributed by atoms with Crippen molar-refractivity contribution >= 4 is 5.78 Å². The highest BCUT2D eigenvalue weighted by Crippen LogP contribution is 2.04. The molecule has 0 unspecified atom stereocenters. The first kappa shape index (κ1) is 13.2. The summed E-state index contributed by atoms with van der Waals surface area (Å²) in [4.78, 5) is 16.6. The van der Waals surface area contributed by atoms with Gasteiger partial charge in [-0.3, -0.25) is 9.69 Å². The summed E-state index contributed by atoms with van der Waals surface area (Å²) in [6.07, 6.45) is 1.72. The Kier molecular flexibility index (Phi) is 4.90. The molecule has 0 bridgehead atoms. The number of ketones is 1. The van der Waals surface area contributed by atoms with Crippen LogP contribution in [0.15, 0.2) is 30.3 Å². The predicted molar refractivity (Wildman–Crippen MR) is 73.7 cm³/mol. The fraction of sp³-hybridized carbons (Fsp3) is 0.533. The highest BCUT2D eigenvalue weighted by molar-refractivity contribution is 5.82. The summed E-state index contributed by atoms with van der Waals surface area (Å²) in [6, 6.07) is 10.0. The van der Waals surface area contributed by atoms with Crippen molar-refractivity contribution in [1.82, 2.24) is 9.80 Å². The Morgan fingerprint density at radius 2 is 1.89 bits per heavy atom. The maximum Gasteiger partial charge on any atom is 0.151 e. The molecule has 1 aliphatic heterocycles. The van der Waals surface area contributed by atoms with E-state index in [-0.39, 0.29) is 0 Å². The average Bonchev–Trinajstić information content (AvgIpc) is 2.56. The first-order valence-corrected chi connectivity index (χ1v) is 6.70. The lowest BCUT2D eigenvalue weighted by Gasteiger charge is -2.19. The second kappa shape index (κ2) is 6.66. The maximum absolute atomic E-state index is 12.0. The zero-order valence-corrected chi connectivity index (χ0v) is 11.1. The van der Waals surface area contributed by atoms with Crippen molar-refractivity contribution in [3.05, 3.63) is 35.9 Å². The Hall–Kier alpha value is -1.19. The fourth-order valence-electron chi connectivity index (χ4n) is 2.39. The molecule has 0 radical (unpaired) electrons. The van der Waals surface area contributed by atoms with Crippen molar-refractivity contribution in [1.29, 1.82) is 0 Å². The third-order valence-electron chi connectivity index (χ3n) is 3.46. The van der Waals surface area contributed by atoms with Crippen LogP contribution in [-0.2, 0) is 11.2 Å². The predicted octanol–water partition coefficient (Wildman–Crippen LogP) is 1.44. The highest BCUT2D eigenvalue weighted by Gasteiger charge is 2.15. The summed E-state index contributed by atoms with van der Waals surface area (Å²) in [5.41, 5.74) is 1.12. The molecule has 0 amide bonds. The van der Waals surface area contributed by atoms with Crippen molar-refractivity contribution in [3.8, 4) is 0 Å². The molecule has 98 valence electrons. The first-order valence-electron chi connectivity index (χ1n) is 6.70. The van der Waals surface area contributed by atoms with Crippen molar-refractivity contribution in [2.45, 2.75) is 12.8 Å². The first-order chi connectivity index (χ1) is 8.74. The van der Waals surface area contributed by atoms with Gasteiger partial charge in [-0.2, -0.15) is 0 Å². The van der Waals surface area contributed by atoms with E-state index in [1.54, 1.807) is 0 Å². The van der Waals surface area contributed by atoms with Crippen molar-refractivity contribution in [3.63, 3.8) is 0 Å². The Labute approximate surface area is 109 Å². The molecule has 0 aromatic heterocycles. The minimum atomic E-state index is 0.325. The van der Waals surface area contributed by atoms with Gasteiger partial charge in [0.2, 0.25) is 0 Å². The van der Waals surface area contributed by atoms with Crippen LogP contribution in [0.2, 0.25) is 0 Å². The molecule has 1 heterocycles. The smallest absolute Gasteiger partial charge is 0.151 e. The van der Waals surface area contributed by atoms with E-state index in [9.17, 15) is 4.79 Å². The van der Waals surface area contributed by atoms with Crippen LogP contribution in [-0.4, -0.2) is 55.4 Å². The molecule has 1 aromatic rings. The van der Waals surface area contributed by atoms with Gasteiger partial charge in [0, 0.05) is 19.5 Å². The van der Waals surface area contributed by atoms with Crippen LogP contribution >= 0.6 is 0 Å². The van der Waals surface area contributed by atoms with Gasteiger partial charge in [0.1, 0.15) is 0 Å². The van der Waals surface area contributed by atoms with Gasteiger partial charge in [-0.1, -0.05) is 30.3 Å². The van der Waals surface area contributed by atoms with Crippen molar-refractivity contribution < 1.29 is 4.79 Å². The molecular weight excluding hydrogens is 224 g/mol. The summed E-state index contributed by atoms with van der Waals surface area (Å²) in [7, 11) is 2.15. The van der Waals surface area contributed by atoms with Gasteiger partial charge in [0.25, 0.3) is 0 Å². The van der Waals surface area contributed by atoms with Gasteiger partial charge in [0.15, 0.2) is 5.78 Å². The zero-order chi connectivity index (χ0) is 12.8. The second-order valence-corrected chi connectivity index (χ2v) is 5.13. The molecule has 18 heavy (non-hydrogen) atoms. The number of benzene rings is 1. The van der Waals surface area contributed by atoms with E-state index in [1.807, 2.05) is 30.3 Å². The third-order valence-corrected chi connectivity index (χ3v) is 3.46. The van der Waals surface area contributed by atoms with Crippen LogP contribution in [0.5, 0.6) is 0 Å². The minimum absolute atomic E-state index is 0.325. The van der Waals surface area contributed by atoms with Crippen LogP contribution in [0.4, 0.5) is 0 Å². The summed E-state index contributed by atoms with van der Waals surface area (Å²) in [6.45, 7) is 4.87. The fourth-order valence-corrected chi connectivity index (χ4v) is 2.39. The van der Waals surface area contributed by atoms with Crippen molar-refractivity contribution in [2.24, 2.45) is 0 Å². The Morgan fingerprint density at radius 1 is 1.11 bits per heavy atom. The SMILES string of the molecule is CN1CCCN(CC(=O)Cc2ccccc2)CC1. The standard InChI is InChI=1S/C15H22N2O/c1-16-8-5-9-17(11-10-16)13-15(18)12-14-6-3-2-4-7-14/h2-4,6-7H,5,8-13H2,1H3. The van der Waals surface area contributed by atoms with Gasteiger partial charge < -0.3 is 4.90 Å². The third kappa shape index (κ3) is 4.24. The molecular formula is C15H22N2O.